The third-order valence-corrected chi connectivity index (χ3v) is 4.20. The lowest BCUT2D eigenvalue weighted by Crippen LogP contribution is -1.91. The third kappa shape index (κ3) is 1.15. The maximum atomic E-state index is 5.32. The van der Waals surface area contributed by atoms with Crippen molar-refractivity contribution in [3.63, 3.8) is 0 Å². The first-order valence-electron chi connectivity index (χ1n) is 5.69. The molecule has 3 aromatic heterocycles. The van der Waals surface area contributed by atoms with Gasteiger partial charge in [0.25, 0.3) is 0 Å². The molecule has 0 N–H and O–H groups in total. The number of fused-ring (bicyclic) bond motifs is 6. The second-order valence-corrected chi connectivity index (χ2v) is 5.09. The molecule has 3 nitrogen and oxygen atoms in total. The molecule has 1 aromatic carbocycles. The van der Waals surface area contributed by atoms with Crippen LogP contribution in [0.3, 0.4) is 0 Å². The first-order chi connectivity index (χ1) is 8.88. The van der Waals surface area contributed by atoms with E-state index in [0.717, 1.165) is 16.8 Å². The Balaban J connectivity index is 2.35. The van der Waals surface area contributed by atoms with E-state index in [-0.39, 0.29) is 0 Å². The smallest absolute Gasteiger partial charge is 0.119 e. The molecule has 0 atom stereocenters. The normalized spacial score (nSPS) is 11.6. The van der Waals surface area contributed by atoms with E-state index in [4.69, 9.17) is 4.74 Å². The molecular weight excluding hydrogens is 244 g/mol. The van der Waals surface area contributed by atoms with Gasteiger partial charge in [-0.05, 0) is 35.7 Å². The minimum atomic E-state index is 0.876. The van der Waals surface area contributed by atoms with Crippen LogP contribution in [0.2, 0.25) is 0 Å². The Morgan fingerprint density at radius 3 is 2.94 bits per heavy atom. The van der Waals surface area contributed by atoms with Gasteiger partial charge in [0.15, 0.2) is 0 Å². The summed E-state index contributed by atoms with van der Waals surface area (Å²) in [6.07, 6.45) is 1.85. The highest BCUT2D eigenvalue weighted by atomic mass is 32.1. The summed E-state index contributed by atoms with van der Waals surface area (Å²) in [5.74, 6) is 0.876. The van der Waals surface area contributed by atoms with E-state index in [0.29, 0.717) is 0 Å². The van der Waals surface area contributed by atoms with Crippen molar-refractivity contribution in [3.05, 3.63) is 41.9 Å². The highest BCUT2D eigenvalue weighted by molar-refractivity contribution is 7.18. The highest BCUT2D eigenvalue weighted by Crippen LogP contribution is 2.34. The molecule has 0 saturated heterocycles. The average Bonchev–Trinajstić information content (AvgIpc) is 3.06. The van der Waals surface area contributed by atoms with Crippen molar-refractivity contribution in [1.29, 1.82) is 0 Å². The van der Waals surface area contributed by atoms with Gasteiger partial charge in [-0.15, -0.1) is 11.3 Å². The number of rotatable bonds is 1. The van der Waals surface area contributed by atoms with E-state index in [2.05, 4.69) is 34.7 Å². The van der Waals surface area contributed by atoms with E-state index >= 15 is 0 Å². The lowest BCUT2D eigenvalue weighted by atomic mass is 10.1. The van der Waals surface area contributed by atoms with Gasteiger partial charge in [0.2, 0.25) is 0 Å². The summed E-state index contributed by atoms with van der Waals surface area (Å²) in [5, 5.41) is 8.98. The van der Waals surface area contributed by atoms with Crippen LogP contribution in [0.25, 0.3) is 26.5 Å². The van der Waals surface area contributed by atoms with Crippen LogP contribution in [0.15, 0.2) is 41.9 Å². The zero-order valence-corrected chi connectivity index (χ0v) is 10.6. The zero-order chi connectivity index (χ0) is 12.1. The molecule has 0 amide bonds. The van der Waals surface area contributed by atoms with E-state index in [1.807, 2.05) is 16.8 Å². The third-order valence-electron chi connectivity index (χ3n) is 3.26. The molecule has 4 heteroatoms. The molecule has 4 aromatic rings. The highest BCUT2D eigenvalue weighted by Gasteiger charge is 2.10. The quantitative estimate of drug-likeness (QED) is 0.517. The van der Waals surface area contributed by atoms with Gasteiger partial charge >= 0.3 is 0 Å². The van der Waals surface area contributed by atoms with Crippen molar-refractivity contribution in [2.45, 2.75) is 0 Å². The van der Waals surface area contributed by atoms with Crippen molar-refractivity contribution in [2.75, 3.05) is 7.11 Å². The van der Waals surface area contributed by atoms with Crippen LogP contribution >= 0.6 is 11.3 Å². The summed E-state index contributed by atoms with van der Waals surface area (Å²) < 4.78 is 8.58. The summed E-state index contributed by atoms with van der Waals surface area (Å²) in [6.45, 7) is 0. The standard InChI is InChI=1S/C14H10N2OS/c1-17-9-2-3-12-11(8-9)10-5-7-18-14(10)13-4-6-15-16(12)13/h2-8H,1H3. The summed E-state index contributed by atoms with van der Waals surface area (Å²) in [6, 6.07) is 10.3. The predicted octanol–water partition coefficient (Wildman–Crippen LogP) is 3.71. The largest absolute Gasteiger partial charge is 0.497 e. The molecule has 0 aliphatic carbocycles. The van der Waals surface area contributed by atoms with E-state index < -0.39 is 0 Å². The van der Waals surface area contributed by atoms with E-state index in [1.54, 1.807) is 18.4 Å². The Bertz CT molecular complexity index is 875. The molecule has 0 saturated carbocycles. The van der Waals surface area contributed by atoms with Crippen LogP contribution in [-0.2, 0) is 0 Å². The molecule has 88 valence electrons. The van der Waals surface area contributed by atoms with E-state index in [1.165, 1.54) is 15.5 Å². The molecule has 0 spiro atoms. The molecule has 0 aliphatic rings. The van der Waals surface area contributed by atoms with Crippen LogP contribution in [-0.4, -0.2) is 16.7 Å². The summed E-state index contributed by atoms with van der Waals surface area (Å²) in [5.41, 5.74) is 2.28. The minimum Gasteiger partial charge on any atom is -0.497 e. The monoisotopic (exact) mass is 254 g/mol. The predicted molar refractivity (Wildman–Crippen MR) is 74.6 cm³/mol. The number of hydrogen-bond donors (Lipinski definition) is 0. The first-order valence-corrected chi connectivity index (χ1v) is 6.57. The molecule has 0 unspecified atom stereocenters. The Morgan fingerprint density at radius 1 is 1.11 bits per heavy atom. The van der Waals surface area contributed by atoms with Gasteiger partial charge < -0.3 is 4.74 Å². The fraction of sp³-hybridized carbons (Fsp3) is 0.0714. The number of pyridine rings is 1. The van der Waals surface area contributed by atoms with Gasteiger partial charge in [0.1, 0.15) is 5.75 Å². The van der Waals surface area contributed by atoms with Crippen LogP contribution in [0.5, 0.6) is 5.75 Å². The Morgan fingerprint density at radius 2 is 2.06 bits per heavy atom. The average molecular weight is 254 g/mol. The Hall–Kier alpha value is -2.07. The van der Waals surface area contributed by atoms with Crippen molar-refractivity contribution in [3.8, 4) is 5.75 Å². The SMILES string of the molecule is COc1ccc2c(c1)c1ccsc1c1ccnn21. The molecule has 0 fully saturated rings. The minimum absolute atomic E-state index is 0.876. The molecule has 0 aliphatic heterocycles. The molecule has 4 rings (SSSR count). The number of methoxy groups -OCH3 is 1. The second kappa shape index (κ2) is 3.46. The van der Waals surface area contributed by atoms with Crippen LogP contribution in [0, 0.1) is 0 Å². The number of ether oxygens (including phenoxy) is 1. The summed E-state index contributed by atoms with van der Waals surface area (Å²) >= 11 is 1.75. The Labute approximate surface area is 107 Å². The van der Waals surface area contributed by atoms with Gasteiger partial charge in [0, 0.05) is 10.8 Å². The van der Waals surface area contributed by atoms with Gasteiger partial charge in [-0.1, -0.05) is 0 Å². The zero-order valence-electron chi connectivity index (χ0n) is 9.75. The number of nitrogens with zero attached hydrogens (tertiary/aromatic N) is 2. The van der Waals surface area contributed by atoms with Crippen molar-refractivity contribution < 1.29 is 4.74 Å². The lowest BCUT2D eigenvalue weighted by molar-refractivity contribution is 0.415. The second-order valence-electron chi connectivity index (χ2n) is 4.17. The van der Waals surface area contributed by atoms with Crippen molar-refractivity contribution >= 4 is 37.8 Å². The number of benzene rings is 1. The molecular formula is C14H10N2OS. The maximum Gasteiger partial charge on any atom is 0.119 e. The van der Waals surface area contributed by atoms with Crippen LogP contribution in [0.1, 0.15) is 0 Å². The van der Waals surface area contributed by atoms with Crippen molar-refractivity contribution in [1.82, 2.24) is 9.61 Å². The molecule has 0 radical (unpaired) electrons. The van der Waals surface area contributed by atoms with Crippen molar-refractivity contribution in [2.24, 2.45) is 0 Å². The van der Waals surface area contributed by atoms with E-state index in [9.17, 15) is 0 Å². The summed E-state index contributed by atoms with van der Waals surface area (Å²) in [7, 11) is 1.69. The van der Waals surface area contributed by atoms with Gasteiger partial charge in [-0.2, -0.15) is 5.10 Å². The van der Waals surface area contributed by atoms with Crippen LogP contribution in [0.4, 0.5) is 0 Å². The number of hydrogen-bond acceptors (Lipinski definition) is 3. The Kier molecular flexibility index (Phi) is 1.91. The lowest BCUT2D eigenvalue weighted by Gasteiger charge is -2.06. The summed E-state index contributed by atoms with van der Waals surface area (Å²) in [4.78, 5) is 0. The topological polar surface area (TPSA) is 26.5 Å². The fourth-order valence-electron chi connectivity index (χ4n) is 2.43. The molecule has 3 heterocycles. The van der Waals surface area contributed by atoms with Gasteiger partial charge in [0.05, 0.1) is 29.0 Å². The number of aromatic nitrogens is 2. The number of thiophene rings is 1. The molecule has 18 heavy (non-hydrogen) atoms. The maximum absolute atomic E-state index is 5.32. The van der Waals surface area contributed by atoms with Gasteiger partial charge in [-0.25, -0.2) is 4.52 Å². The van der Waals surface area contributed by atoms with Crippen LogP contribution < -0.4 is 4.74 Å². The van der Waals surface area contributed by atoms with Gasteiger partial charge in [-0.3, -0.25) is 0 Å². The fourth-order valence-corrected chi connectivity index (χ4v) is 3.35. The molecule has 0 bridgehead atoms. The first kappa shape index (κ1) is 9.91.